The molecule has 26 heavy (non-hydrogen) atoms. The Bertz CT molecular complexity index is 668. The minimum absolute atomic E-state index is 0.0227. The van der Waals surface area contributed by atoms with E-state index in [9.17, 15) is 9.18 Å². The molecule has 0 aliphatic carbocycles. The minimum Gasteiger partial charge on any atom is -0.444 e. The van der Waals surface area contributed by atoms with E-state index in [1.54, 1.807) is 6.07 Å². The second-order valence-corrected chi connectivity index (χ2v) is 7.52. The zero-order valence-electron chi connectivity index (χ0n) is 15.4. The number of hydrogen-bond acceptors (Lipinski definition) is 4. The summed E-state index contributed by atoms with van der Waals surface area (Å²) in [5.74, 6) is -0.237. The number of benzene rings is 1. The summed E-state index contributed by atoms with van der Waals surface area (Å²) in [6.07, 6.45) is 1.04. The highest BCUT2D eigenvalue weighted by Gasteiger charge is 2.25. The van der Waals surface area contributed by atoms with Crippen LogP contribution >= 0.6 is 11.6 Å². The Morgan fingerprint density at radius 3 is 2.65 bits per heavy atom. The van der Waals surface area contributed by atoms with Gasteiger partial charge in [0.25, 0.3) is 0 Å². The molecule has 0 radical (unpaired) electrons. The standard InChI is InChI=1S/C18H26ClFN4O2/c1-18(2,3)26-17(25)22-12-7-9-24(10-8-12)14-6-4-5-13(20)16(14)23-15(21)11-19/h4-6,12H,7-11H2,1-3H3,(H2,21,23)(H,22,25). The van der Waals surface area contributed by atoms with Crippen molar-refractivity contribution in [2.45, 2.75) is 45.3 Å². The smallest absolute Gasteiger partial charge is 0.407 e. The molecule has 144 valence electrons. The van der Waals surface area contributed by atoms with Crippen LogP contribution in [0.2, 0.25) is 0 Å². The largest absolute Gasteiger partial charge is 0.444 e. The summed E-state index contributed by atoms with van der Waals surface area (Å²) in [5.41, 5.74) is 6.02. The van der Waals surface area contributed by atoms with Crippen LogP contribution in [0.25, 0.3) is 0 Å². The van der Waals surface area contributed by atoms with Gasteiger partial charge in [-0.1, -0.05) is 6.07 Å². The molecule has 1 amide bonds. The number of nitrogens with two attached hydrogens (primary N) is 1. The van der Waals surface area contributed by atoms with E-state index in [0.29, 0.717) is 18.8 Å². The van der Waals surface area contributed by atoms with Gasteiger partial charge in [0.2, 0.25) is 0 Å². The topological polar surface area (TPSA) is 80.0 Å². The first-order valence-electron chi connectivity index (χ1n) is 8.61. The maximum Gasteiger partial charge on any atom is 0.407 e. The highest BCUT2D eigenvalue weighted by molar-refractivity contribution is 6.28. The number of aliphatic imine (C=N–C) groups is 1. The van der Waals surface area contributed by atoms with Crippen LogP contribution in [0.5, 0.6) is 0 Å². The number of para-hydroxylation sites is 1. The summed E-state index contributed by atoms with van der Waals surface area (Å²) < 4.78 is 19.5. The molecule has 2 rings (SSSR count). The fourth-order valence-electron chi connectivity index (χ4n) is 2.78. The van der Waals surface area contributed by atoms with E-state index in [1.807, 2.05) is 31.7 Å². The molecule has 1 aromatic rings. The number of alkyl halides is 1. The van der Waals surface area contributed by atoms with Crippen molar-refractivity contribution in [2.24, 2.45) is 10.7 Å². The normalized spacial score (nSPS) is 16.5. The summed E-state index contributed by atoms with van der Waals surface area (Å²) >= 11 is 5.66. The maximum atomic E-state index is 14.2. The SMILES string of the molecule is CC(C)(C)OC(=O)NC1CCN(c2cccc(F)c2N=C(N)CCl)CC1. The summed E-state index contributed by atoms with van der Waals surface area (Å²) in [6.45, 7) is 6.80. The summed E-state index contributed by atoms with van der Waals surface area (Å²) in [5, 5.41) is 2.89. The monoisotopic (exact) mass is 384 g/mol. The van der Waals surface area contributed by atoms with Crippen molar-refractivity contribution >= 4 is 34.9 Å². The molecule has 1 aromatic carbocycles. The fraction of sp³-hybridized carbons (Fsp3) is 0.556. The number of carbonyl (C=O) groups is 1. The molecule has 6 nitrogen and oxygen atoms in total. The van der Waals surface area contributed by atoms with Gasteiger partial charge in [-0.05, 0) is 45.7 Å². The number of amidine groups is 1. The van der Waals surface area contributed by atoms with Crippen LogP contribution in [0.1, 0.15) is 33.6 Å². The van der Waals surface area contributed by atoms with Gasteiger partial charge in [0, 0.05) is 19.1 Å². The van der Waals surface area contributed by atoms with E-state index in [4.69, 9.17) is 22.1 Å². The van der Waals surface area contributed by atoms with Gasteiger partial charge < -0.3 is 20.7 Å². The van der Waals surface area contributed by atoms with Crippen molar-refractivity contribution in [1.29, 1.82) is 0 Å². The Hall–Kier alpha value is -2.02. The van der Waals surface area contributed by atoms with Crippen LogP contribution in [0.15, 0.2) is 23.2 Å². The number of nitrogens with one attached hydrogen (secondary N) is 1. The van der Waals surface area contributed by atoms with Crippen molar-refractivity contribution in [3.05, 3.63) is 24.0 Å². The Morgan fingerprint density at radius 1 is 1.42 bits per heavy atom. The van der Waals surface area contributed by atoms with Gasteiger partial charge in [-0.3, -0.25) is 0 Å². The third-order valence-electron chi connectivity index (χ3n) is 3.91. The zero-order valence-corrected chi connectivity index (χ0v) is 16.1. The minimum atomic E-state index is -0.526. The van der Waals surface area contributed by atoms with E-state index in [2.05, 4.69) is 10.3 Å². The van der Waals surface area contributed by atoms with Crippen molar-refractivity contribution in [3.8, 4) is 0 Å². The molecule has 1 aliphatic heterocycles. The van der Waals surface area contributed by atoms with Crippen LogP contribution in [-0.2, 0) is 4.74 Å². The highest BCUT2D eigenvalue weighted by atomic mass is 35.5. The van der Waals surface area contributed by atoms with Crippen molar-refractivity contribution in [3.63, 3.8) is 0 Å². The number of rotatable bonds is 4. The number of amides is 1. The van der Waals surface area contributed by atoms with Crippen LogP contribution in [0.4, 0.5) is 20.6 Å². The summed E-state index contributed by atoms with van der Waals surface area (Å²) in [4.78, 5) is 18.0. The molecule has 1 aliphatic rings. The number of hydrogen-bond donors (Lipinski definition) is 2. The third kappa shape index (κ3) is 5.76. The van der Waals surface area contributed by atoms with Gasteiger partial charge >= 0.3 is 6.09 Å². The Labute approximate surface area is 158 Å². The van der Waals surface area contributed by atoms with Crippen LogP contribution in [-0.4, -0.2) is 42.5 Å². The average Bonchev–Trinajstić information content (AvgIpc) is 2.55. The van der Waals surface area contributed by atoms with Gasteiger partial charge in [-0.25, -0.2) is 14.2 Å². The van der Waals surface area contributed by atoms with Gasteiger partial charge in [0.1, 0.15) is 17.1 Å². The van der Waals surface area contributed by atoms with Crippen molar-refractivity contribution < 1.29 is 13.9 Å². The number of alkyl carbamates (subject to hydrolysis) is 1. The van der Waals surface area contributed by atoms with Crippen molar-refractivity contribution in [2.75, 3.05) is 23.9 Å². The lowest BCUT2D eigenvalue weighted by Crippen LogP contribution is -2.46. The fourth-order valence-corrected chi connectivity index (χ4v) is 2.84. The molecule has 0 saturated carbocycles. The second kappa shape index (κ2) is 8.58. The van der Waals surface area contributed by atoms with Gasteiger partial charge in [-0.2, -0.15) is 0 Å². The lowest BCUT2D eigenvalue weighted by molar-refractivity contribution is 0.0497. The number of ether oxygens (including phenoxy) is 1. The molecule has 0 bridgehead atoms. The predicted octanol–water partition coefficient (Wildman–Crippen LogP) is 3.55. The molecule has 0 atom stereocenters. The molecule has 0 spiro atoms. The quantitative estimate of drug-likeness (QED) is 0.472. The van der Waals surface area contributed by atoms with Gasteiger partial charge in [0.05, 0.1) is 11.6 Å². The van der Waals surface area contributed by atoms with Crippen LogP contribution in [0.3, 0.4) is 0 Å². The number of halogens is 2. The first-order chi connectivity index (χ1) is 12.2. The second-order valence-electron chi connectivity index (χ2n) is 7.25. The van der Waals surface area contributed by atoms with E-state index in [0.717, 1.165) is 12.8 Å². The van der Waals surface area contributed by atoms with E-state index < -0.39 is 17.5 Å². The summed E-state index contributed by atoms with van der Waals surface area (Å²) in [7, 11) is 0. The molecule has 1 heterocycles. The highest BCUT2D eigenvalue weighted by Crippen LogP contribution is 2.33. The Kier molecular flexibility index (Phi) is 6.69. The van der Waals surface area contributed by atoms with E-state index in [-0.39, 0.29) is 23.4 Å². The Balaban J connectivity index is 2.02. The van der Waals surface area contributed by atoms with Crippen molar-refractivity contribution in [1.82, 2.24) is 5.32 Å². The number of anilines is 1. The molecule has 0 unspecified atom stereocenters. The molecule has 8 heteroatoms. The van der Waals surface area contributed by atoms with Gasteiger partial charge in [0.15, 0.2) is 5.82 Å². The first-order valence-corrected chi connectivity index (χ1v) is 9.15. The third-order valence-corrected chi connectivity index (χ3v) is 4.19. The maximum absolute atomic E-state index is 14.2. The molecule has 3 N–H and O–H groups in total. The van der Waals surface area contributed by atoms with Crippen LogP contribution in [0, 0.1) is 5.82 Å². The zero-order chi connectivity index (χ0) is 19.3. The molecular weight excluding hydrogens is 359 g/mol. The number of carbonyl (C=O) groups excluding carboxylic acids is 1. The lowest BCUT2D eigenvalue weighted by Gasteiger charge is -2.34. The molecule has 1 fully saturated rings. The lowest BCUT2D eigenvalue weighted by atomic mass is 10.0. The van der Waals surface area contributed by atoms with E-state index in [1.165, 1.54) is 6.07 Å². The first kappa shape index (κ1) is 20.3. The average molecular weight is 385 g/mol. The Morgan fingerprint density at radius 2 is 2.08 bits per heavy atom. The summed E-state index contributed by atoms with van der Waals surface area (Å²) in [6, 6.07) is 4.83. The molecular formula is C18H26ClFN4O2. The van der Waals surface area contributed by atoms with Crippen LogP contribution < -0.4 is 16.0 Å². The predicted molar refractivity (Wildman–Crippen MR) is 103 cm³/mol. The van der Waals surface area contributed by atoms with Gasteiger partial charge in [-0.15, -0.1) is 11.6 Å². The number of nitrogens with zero attached hydrogens (tertiary/aromatic N) is 2. The molecule has 1 saturated heterocycles. The number of piperidine rings is 1. The van der Waals surface area contributed by atoms with E-state index >= 15 is 0 Å². The molecule has 0 aromatic heterocycles.